The summed E-state index contributed by atoms with van der Waals surface area (Å²) in [5.74, 6) is -10.8. The maximum absolute atomic E-state index is 15.2. The van der Waals surface area contributed by atoms with Crippen LogP contribution in [0, 0.1) is 0 Å². The van der Waals surface area contributed by atoms with Crippen molar-refractivity contribution in [2.24, 2.45) is 5.73 Å². The molecule has 3 aliphatic rings. The van der Waals surface area contributed by atoms with Gasteiger partial charge in [0.2, 0.25) is 47.1 Å². The van der Waals surface area contributed by atoms with Crippen molar-refractivity contribution in [1.82, 2.24) is 47.5 Å². The molecule has 22 N–H and O–H groups in total. The number of nitrogens with two attached hydrogens (primary N) is 1. The van der Waals surface area contributed by atoms with E-state index in [2.05, 4.69) is 47.5 Å². The van der Waals surface area contributed by atoms with Crippen molar-refractivity contribution in [3.63, 3.8) is 0 Å². The van der Waals surface area contributed by atoms with Gasteiger partial charge in [0.25, 0.3) is 5.97 Å². The number of nitrogens with one attached hydrogen (secondary N) is 9. The number of aromatic amines is 1. The summed E-state index contributed by atoms with van der Waals surface area (Å²) in [6.45, 7) is 0.741. The third-order valence-electron chi connectivity index (χ3n) is 16.2. The highest BCUT2D eigenvalue weighted by atomic mass is 33.1. The number of ether oxygens (including phenoxy) is 3. The number of aliphatic carboxylic acids is 1. The lowest BCUT2D eigenvalue weighted by molar-refractivity contribution is -0.367. The number of amides is 7. The van der Waals surface area contributed by atoms with Crippen molar-refractivity contribution in [3.05, 3.63) is 108 Å². The van der Waals surface area contributed by atoms with Crippen LogP contribution in [0.1, 0.15) is 56.7 Å². The van der Waals surface area contributed by atoms with Crippen LogP contribution in [0.3, 0.4) is 0 Å². The number of carbonyl (C=O) groups excluding carboxylic acids is 7. The lowest BCUT2D eigenvalue weighted by atomic mass is 9.95. The molecule has 34 heteroatoms. The van der Waals surface area contributed by atoms with E-state index in [0.29, 0.717) is 34.0 Å². The van der Waals surface area contributed by atoms with Gasteiger partial charge in [-0.1, -0.05) is 100 Å². The summed E-state index contributed by atoms with van der Waals surface area (Å²) in [6.07, 6.45) is -15.8. The molecule has 32 nitrogen and oxygen atoms in total. The molecule has 7 rings (SSSR count). The Bertz CT molecular complexity index is 3190. The zero-order chi connectivity index (χ0) is 71.1. The number of aromatic nitrogens is 1. The molecule has 4 heterocycles. The van der Waals surface area contributed by atoms with E-state index in [1.54, 1.807) is 91.1 Å². The number of carboxylic acid groups (broad SMARTS) is 1. The zero-order valence-electron chi connectivity index (χ0n) is 53.5. The van der Waals surface area contributed by atoms with Gasteiger partial charge < -0.3 is 124 Å². The van der Waals surface area contributed by atoms with Crippen LogP contribution in [-0.4, -0.2) is 268 Å². The van der Waals surface area contributed by atoms with Crippen molar-refractivity contribution in [2.45, 2.75) is 175 Å². The number of aliphatic hydroxyl groups is 10. The van der Waals surface area contributed by atoms with Crippen LogP contribution in [0.2, 0.25) is 0 Å². The molecule has 3 saturated heterocycles. The standard InChI is InChI=1S/C61H86N10O20S2.C2H4O2/c1-31(74)42(25-72)68-58(86)44-29-93-92-28-43(69-54(82)39(21-33-13-5-3-6-14-33)64-30-61(88)52(80)51(45(76)27-89-61)91-60-50(79)49(78)48(77)46(26-73)90-60)57(85)66-40(22-34-15-7-4-8-16-34)55(83)67-41(23-35-24-63-37-18-10-9-17-36(35)37)56(84)65-38(19-11-12-20-62)53(81)71-47(32(2)75)59(87)70-44;1-2(3)4/h3-10,13-18,24,31-32,38-52,60,63-64,72-80,88H,11-12,19-23,25-30,62H2,1-2H3,(H,65,84)(H,66,85)(H,67,83)(H,68,86)(H,69,82)(H,70,87)(H,71,81);1H3,(H,3,4). The Hall–Kier alpha value is -6.94. The Morgan fingerprint density at radius 2 is 1.34 bits per heavy atom. The first kappa shape index (κ1) is 79.0. The predicted octanol–water partition coefficient (Wildman–Crippen LogP) is -5.46. The van der Waals surface area contributed by atoms with E-state index in [9.17, 15) is 70.2 Å². The number of unbranched alkanes of at least 4 members (excludes halogenated alkanes) is 1. The minimum absolute atomic E-state index is 0.0380. The quantitative estimate of drug-likeness (QED) is 0.0243. The summed E-state index contributed by atoms with van der Waals surface area (Å²) in [5.41, 5.74) is 8.20. The first-order valence-electron chi connectivity index (χ1n) is 31.5. The zero-order valence-corrected chi connectivity index (χ0v) is 55.2. The van der Waals surface area contributed by atoms with Crippen molar-refractivity contribution >= 4 is 79.8 Å². The molecule has 1 aromatic heterocycles. The van der Waals surface area contributed by atoms with Gasteiger partial charge in [0.1, 0.15) is 79.0 Å². The normalized spacial score (nSPS) is 29.3. The van der Waals surface area contributed by atoms with E-state index in [1.165, 1.54) is 13.8 Å². The van der Waals surface area contributed by atoms with Crippen LogP contribution < -0.4 is 48.3 Å². The highest BCUT2D eigenvalue weighted by molar-refractivity contribution is 8.76. The first-order valence-corrected chi connectivity index (χ1v) is 34.0. The number of carboxylic acids is 1. The molecular formula is C63H90N10O22S2. The maximum Gasteiger partial charge on any atom is 0.300 e. The third kappa shape index (κ3) is 23.1. The molecule has 19 atom stereocenters. The lowest BCUT2D eigenvalue weighted by Gasteiger charge is -2.47. The molecule has 0 aliphatic carbocycles. The second kappa shape index (κ2) is 38.4. The van der Waals surface area contributed by atoms with Crippen molar-refractivity contribution < 1.29 is 109 Å². The molecule has 3 aromatic carbocycles. The Morgan fingerprint density at radius 3 is 1.97 bits per heavy atom. The van der Waals surface area contributed by atoms with Gasteiger partial charge in [0.15, 0.2) is 6.29 Å². The first-order chi connectivity index (χ1) is 46.2. The highest BCUT2D eigenvalue weighted by Crippen LogP contribution is 2.31. The Morgan fingerprint density at radius 1 is 0.742 bits per heavy atom. The van der Waals surface area contributed by atoms with Gasteiger partial charge in [0.05, 0.1) is 50.7 Å². The Kier molecular flexibility index (Phi) is 31.3. The fourth-order valence-electron chi connectivity index (χ4n) is 10.7. The number of benzene rings is 3. The van der Waals surface area contributed by atoms with Gasteiger partial charge in [-0.2, -0.15) is 0 Å². The molecule has 0 spiro atoms. The fourth-order valence-corrected chi connectivity index (χ4v) is 13.0. The SMILES string of the molecule is CC(=O)O.CC(O)C(CO)NC(=O)C1CSSCC(NC(=O)C(Cc2ccccc2)NCC2(O)OCC(O)C(OC3OC(CO)C(O)C(O)C3O)C2O)C(=O)NC(Cc2ccccc2)C(=O)NC(Cc2c[nH]c3ccccc23)C(=O)NC(CCCCN)C(=O)NC(C(C)O)C(=O)N1. The number of rotatable bonds is 23. The molecule has 7 amide bonds. The minimum atomic E-state index is -2.70. The van der Waals surface area contributed by atoms with E-state index in [1.807, 2.05) is 0 Å². The van der Waals surface area contributed by atoms with Crippen LogP contribution in [0.5, 0.6) is 0 Å². The summed E-state index contributed by atoms with van der Waals surface area (Å²) in [6, 6.07) is 12.2. The predicted molar refractivity (Wildman–Crippen MR) is 351 cm³/mol. The molecule has 0 radical (unpaired) electrons. The van der Waals surface area contributed by atoms with E-state index in [0.717, 1.165) is 28.5 Å². The number of aliphatic hydroxyl groups excluding tert-OH is 9. The average Bonchev–Trinajstić information content (AvgIpc) is 1.23. The second-order valence-corrected chi connectivity index (χ2v) is 26.3. The van der Waals surface area contributed by atoms with Gasteiger partial charge in [0, 0.05) is 48.4 Å². The molecule has 97 heavy (non-hydrogen) atoms. The van der Waals surface area contributed by atoms with Crippen LogP contribution in [-0.2, 0) is 71.8 Å². The number of hydrogen-bond acceptors (Lipinski definition) is 25. The Balaban J connectivity index is 0.00000361. The molecule has 3 fully saturated rings. The number of para-hydroxylation sites is 1. The van der Waals surface area contributed by atoms with Crippen LogP contribution >= 0.6 is 21.6 Å². The molecule has 19 unspecified atom stereocenters. The van der Waals surface area contributed by atoms with Crippen LogP contribution in [0.15, 0.2) is 91.1 Å². The van der Waals surface area contributed by atoms with E-state index >= 15 is 14.4 Å². The largest absolute Gasteiger partial charge is 0.481 e. The van der Waals surface area contributed by atoms with Crippen molar-refractivity contribution in [2.75, 3.05) is 44.4 Å². The van der Waals surface area contributed by atoms with Crippen molar-refractivity contribution in [3.8, 4) is 0 Å². The van der Waals surface area contributed by atoms with Crippen LogP contribution in [0.25, 0.3) is 10.9 Å². The maximum atomic E-state index is 15.2. The van der Waals surface area contributed by atoms with Gasteiger partial charge >= 0.3 is 0 Å². The summed E-state index contributed by atoms with van der Waals surface area (Å²) in [4.78, 5) is 115. The van der Waals surface area contributed by atoms with E-state index in [-0.39, 0.29) is 50.2 Å². The number of fused-ring (bicyclic) bond motifs is 1. The number of H-pyrrole nitrogens is 1. The van der Waals surface area contributed by atoms with Gasteiger partial charge in [-0.05, 0) is 68.8 Å². The topological polar surface area (TPSA) is 525 Å². The van der Waals surface area contributed by atoms with E-state index < -0.39 is 189 Å². The average molecular weight is 1400 g/mol. The molecule has 536 valence electrons. The van der Waals surface area contributed by atoms with E-state index in [4.69, 9.17) is 29.8 Å². The minimum Gasteiger partial charge on any atom is -0.481 e. The van der Waals surface area contributed by atoms with Gasteiger partial charge in [-0.25, -0.2) is 0 Å². The number of carbonyl (C=O) groups is 8. The molecule has 4 aromatic rings. The summed E-state index contributed by atoms with van der Waals surface area (Å²) >= 11 is 0. The molecule has 3 aliphatic heterocycles. The molecular weight excluding hydrogens is 1310 g/mol. The summed E-state index contributed by atoms with van der Waals surface area (Å²) < 4.78 is 16.7. The fraction of sp³-hybridized carbons (Fsp3) is 0.556. The monoisotopic (exact) mass is 1400 g/mol. The second-order valence-electron chi connectivity index (χ2n) is 23.8. The Labute approximate surface area is 566 Å². The number of hydrogen-bond donors (Lipinski definition) is 21. The molecule has 0 saturated carbocycles. The van der Waals surface area contributed by atoms with Gasteiger partial charge in [-0.3, -0.25) is 38.4 Å². The van der Waals surface area contributed by atoms with Crippen LogP contribution in [0.4, 0.5) is 0 Å². The lowest BCUT2D eigenvalue weighted by Crippen LogP contribution is -2.68. The summed E-state index contributed by atoms with van der Waals surface area (Å²) in [7, 11) is 1.82. The third-order valence-corrected chi connectivity index (χ3v) is 18.6. The van der Waals surface area contributed by atoms with Gasteiger partial charge in [-0.15, -0.1) is 0 Å². The van der Waals surface area contributed by atoms with Crippen molar-refractivity contribution in [1.29, 1.82) is 0 Å². The highest BCUT2D eigenvalue weighted by Gasteiger charge is 2.53. The molecule has 0 bridgehead atoms. The smallest absolute Gasteiger partial charge is 0.300 e. The summed E-state index contributed by atoms with van der Waals surface area (Å²) in [5, 5.41) is 137.